The SMILES string of the molecule is COC(C)COc1ccc2c(n1)CCN(CCC1CCC(CC(=O)Cc3cnc(C)s3)CC1)CC2. The third-order valence-corrected chi connectivity index (χ3v) is 8.56. The van der Waals surface area contributed by atoms with Gasteiger partial charge in [0.15, 0.2) is 0 Å². The number of methoxy groups -OCH3 is 1. The lowest BCUT2D eigenvalue weighted by atomic mass is 9.78. The Bertz CT molecular complexity index is 955. The van der Waals surface area contributed by atoms with Crippen LogP contribution in [0, 0.1) is 18.8 Å². The van der Waals surface area contributed by atoms with Crippen LogP contribution < -0.4 is 4.74 Å². The van der Waals surface area contributed by atoms with Crippen molar-refractivity contribution in [2.45, 2.75) is 77.7 Å². The Hall–Kier alpha value is -1.83. The van der Waals surface area contributed by atoms with Crippen LogP contribution in [0.3, 0.4) is 0 Å². The molecule has 1 aliphatic heterocycles. The summed E-state index contributed by atoms with van der Waals surface area (Å²) in [5.74, 6) is 2.47. The molecular weight excluding hydrogens is 458 g/mol. The molecule has 2 aromatic heterocycles. The third-order valence-electron chi connectivity index (χ3n) is 7.65. The average Bonchev–Trinajstić information content (AvgIpc) is 3.15. The van der Waals surface area contributed by atoms with Gasteiger partial charge in [0, 0.05) is 62.3 Å². The van der Waals surface area contributed by atoms with E-state index >= 15 is 0 Å². The maximum absolute atomic E-state index is 12.5. The number of carbonyl (C=O) groups is 1. The zero-order valence-electron chi connectivity index (χ0n) is 21.6. The Labute approximate surface area is 214 Å². The van der Waals surface area contributed by atoms with Crippen molar-refractivity contribution in [3.63, 3.8) is 0 Å². The maximum atomic E-state index is 12.5. The van der Waals surface area contributed by atoms with Crippen molar-refractivity contribution in [3.05, 3.63) is 39.5 Å². The third kappa shape index (κ3) is 8.09. The van der Waals surface area contributed by atoms with Crippen molar-refractivity contribution < 1.29 is 14.3 Å². The number of ether oxygens (including phenoxy) is 2. The number of ketones is 1. The van der Waals surface area contributed by atoms with Gasteiger partial charge in [-0.1, -0.05) is 18.9 Å². The van der Waals surface area contributed by atoms with E-state index in [9.17, 15) is 4.79 Å². The molecule has 0 radical (unpaired) electrons. The van der Waals surface area contributed by atoms with Crippen LogP contribution in [0.4, 0.5) is 0 Å². The smallest absolute Gasteiger partial charge is 0.213 e. The quantitative estimate of drug-likeness (QED) is 0.431. The van der Waals surface area contributed by atoms with Gasteiger partial charge in [-0.15, -0.1) is 11.3 Å². The fraction of sp³-hybridized carbons (Fsp3) is 0.679. The first kappa shape index (κ1) is 26.2. The van der Waals surface area contributed by atoms with E-state index in [1.807, 2.05) is 26.1 Å². The molecule has 0 N–H and O–H groups in total. The van der Waals surface area contributed by atoms with Crippen molar-refractivity contribution in [2.75, 3.05) is 33.4 Å². The molecule has 1 fully saturated rings. The van der Waals surface area contributed by atoms with Gasteiger partial charge in [-0.2, -0.15) is 0 Å². The highest BCUT2D eigenvalue weighted by Gasteiger charge is 2.24. The number of aromatic nitrogens is 2. The van der Waals surface area contributed by atoms with E-state index in [0.717, 1.165) is 48.2 Å². The van der Waals surface area contributed by atoms with Gasteiger partial charge in [0.1, 0.15) is 12.4 Å². The van der Waals surface area contributed by atoms with E-state index in [4.69, 9.17) is 14.5 Å². The first-order valence-corrected chi connectivity index (χ1v) is 14.1. The molecule has 0 bridgehead atoms. The molecule has 1 aliphatic carbocycles. The second-order valence-electron chi connectivity index (χ2n) is 10.4. The molecule has 3 heterocycles. The molecule has 6 nitrogen and oxygen atoms in total. The lowest BCUT2D eigenvalue weighted by Gasteiger charge is -2.30. The second-order valence-corrected chi connectivity index (χ2v) is 11.7. The molecule has 0 saturated heterocycles. The van der Waals surface area contributed by atoms with Crippen molar-refractivity contribution in [3.8, 4) is 5.88 Å². The Kier molecular flexibility index (Phi) is 9.69. The Morgan fingerprint density at radius 3 is 2.69 bits per heavy atom. The largest absolute Gasteiger partial charge is 0.475 e. The van der Waals surface area contributed by atoms with Crippen molar-refractivity contribution in [2.24, 2.45) is 11.8 Å². The zero-order chi connectivity index (χ0) is 24.6. The number of Topliss-reactive ketones (excluding diaryl/α,β-unsaturated/α-hetero) is 1. The summed E-state index contributed by atoms with van der Waals surface area (Å²) in [6, 6.07) is 4.19. The van der Waals surface area contributed by atoms with E-state index in [-0.39, 0.29) is 6.10 Å². The molecule has 1 saturated carbocycles. The maximum Gasteiger partial charge on any atom is 0.213 e. The lowest BCUT2D eigenvalue weighted by molar-refractivity contribution is -0.119. The minimum Gasteiger partial charge on any atom is -0.475 e. The molecule has 1 unspecified atom stereocenters. The molecule has 1 atom stereocenters. The Morgan fingerprint density at radius 2 is 1.94 bits per heavy atom. The number of rotatable bonds is 11. The number of pyridine rings is 1. The first-order chi connectivity index (χ1) is 17.0. The highest BCUT2D eigenvalue weighted by atomic mass is 32.1. The van der Waals surface area contributed by atoms with Crippen LogP contribution in [0.1, 0.15) is 66.6 Å². The molecule has 2 aliphatic rings. The fourth-order valence-corrected chi connectivity index (χ4v) is 6.17. The minimum atomic E-state index is 0.0646. The summed E-state index contributed by atoms with van der Waals surface area (Å²) in [5, 5.41) is 1.05. The summed E-state index contributed by atoms with van der Waals surface area (Å²) in [7, 11) is 1.70. The molecule has 7 heteroatoms. The van der Waals surface area contributed by atoms with Gasteiger partial charge in [-0.05, 0) is 63.5 Å². The van der Waals surface area contributed by atoms with Gasteiger partial charge >= 0.3 is 0 Å². The number of fused-ring (bicyclic) bond motifs is 1. The van der Waals surface area contributed by atoms with Gasteiger partial charge in [-0.3, -0.25) is 4.79 Å². The van der Waals surface area contributed by atoms with Crippen molar-refractivity contribution in [1.29, 1.82) is 0 Å². The van der Waals surface area contributed by atoms with E-state index in [2.05, 4.69) is 16.0 Å². The molecule has 35 heavy (non-hydrogen) atoms. The number of thiazole rings is 1. The Balaban J connectivity index is 1.15. The average molecular weight is 500 g/mol. The summed E-state index contributed by atoms with van der Waals surface area (Å²) in [4.78, 5) is 25.3. The first-order valence-electron chi connectivity index (χ1n) is 13.3. The molecule has 0 spiro atoms. The van der Waals surface area contributed by atoms with Gasteiger partial charge in [0.2, 0.25) is 5.88 Å². The van der Waals surface area contributed by atoms with Crippen molar-refractivity contribution >= 4 is 17.1 Å². The number of hydrogen-bond donors (Lipinski definition) is 0. The predicted octanol–water partition coefficient (Wildman–Crippen LogP) is 5.06. The standard InChI is InChI=1S/C28H41N3O3S/c1-20(33-3)19-34-28-9-8-24-11-14-31(15-12-27(24)30-28)13-10-22-4-6-23(7-5-22)16-25(32)17-26-18-29-21(2)35-26/h8-9,18,20,22-23H,4-7,10-17,19H2,1-3H3. The number of carbonyl (C=O) groups excluding carboxylic acids is 1. The highest BCUT2D eigenvalue weighted by Crippen LogP contribution is 2.33. The van der Waals surface area contributed by atoms with E-state index in [0.29, 0.717) is 30.6 Å². The van der Waals surface area contributed by atoms with Crippen LogP contribution in [0.15, 0.2) is 18.3 Å². The summed E-state index contributed by atoms with van der Waals surface area (Å²) in [5.41, 5.74) is 2.55. The highest BCUT2D eigenvalue weighted by molar-refractivity contribution is 7.11. The van der Waals surface area contributed by atoms with Crippen LogP contribution >= 0.6 is 11.3 Å². The van der Waals surface area contributed by atoms with Gasteiger partial charge < -0.3 is 14.4 Å². The van der Waals surface area contributed by atoms with Crippen LogP contribution in [-0.4, -0.2) is 60.1 Å². The Morgan fingerprint density at radius 1 is 1.17 bits per heavy atom. The molecule has 192 valence electrons. The van der Waals surface area contributed by atoms with Crippen LogP contribution in [0.25, 0.3) is 0 Å². The van der Waals surface area contributed by atoms with Gasteiger partial charge in [-0.25, -0.2) is 9.97 Å². The van der Waals surface area contributed by atoms with Crippen LogP contribution in [0.5, 0.6) is 5.88 Å². The zero-order valence-corrected chi connectivity index (χ0v) is 22.4. The normalized spacial score (nSPS) is 21.8. The summed E-state index contributed by atoms with van der Waals surface area (Å²) < 4.78 is 11.1. The molecule has 0 aromatic carbocycles. The molecular formula is C28H41N3O3S. The van der Waals surface area contributed by atoms with Gasteiger partial charge in [0.05, 0.1) is 11.1 Å². The van der Waals surface area contributed by atoms with E-state index < -0.39 is 0 Å². The predicted molar refractivity (Wildman–Crippen MR) is 140 cm³/mol. The summed E-state index contributed by atoms with van der Waals surface area (Å²) >= 11 is 1.65. The lowest BCUT2D eigenvalue weighted by Crippen LogP contribution is -2.29. The van der Waals surface area contributed by atoms with Crippen LogP contribution in [0.2, 0.25) is 0 Å². The van der Waals surface area contributed by atoms with Crippen molar-refractivity contribution in [1.82, 2.24) is 14.9 Å². The topological polar surface area (TPSA) is 64.6 Å². The number of hydrogen-bond acceptors (Lipinski definition) is 7. The molecule has 4 rings (SSSR count). The van der Waals surface area contributed by atoms with E-state index in [1.54, 1.807) is 18.4 Å². The van der Waals surface area contributed by atoms with Gasteiger partial charge in [0.25, 0.3) is 0 Å². The monoisotopic (exact) mass is 499 g/mol. The summed E-state index contributed by atoms with van der Waals surface area (Å²) in [6.45, 7) is 7.87. The minimum absolute atomic E-state index is 0.0646. The fourth-order valence-electron chi connectivity index (χ4n) is 5.35. The number of nitrogens with zero attached hydrogens (tertiary/aromatic N) is 3. The number of aryl methyl sites for hydroxylation is 1. The van der Waals surface area contributed by atoms with E-state index in [1.165, 1.54) is 49.9 Å². The molecule has 2 aromatic rings. The second kappa shape index (κ2) is 12.9. The summed E-state index contributed by atoms with van der Waals surface area (Å²) in [6.07, 6.45) is 11.5. The van der Waals surface area contributed by atoms with Crippen LogP contribution in [-0.2, 0) is 28.8 Å². The molecule has 0 amide bonds.